The van der Waals surface area contributed by atoms with E-state index in [9.17, 15) is 173 Å². The number of aliphatic hydroxyl groups excluding tert-OH is 32. The molecule has 1 saturated carbocycles. The predicted molar refractivity (Wildman–Crippen MR) is 431 cm³/mol. The molecule has 792 valence electrons. The molecule has 136 heavy (non-hydrogen) atoms. The molecule has 23 unspecified atom stereocenters. The second-order valence-corrected chi connectivity index (χ2v) is 37.0. The zero-order chi connectivity index (χ0) is 100. The lowest BCUT2D eigenvalue weighted by Crippen LogP contribution is -2.71. The van der Waals surface area contributed by atoms with Crippen LogP contribution in [0.15, 0.2) is 0 Å². The highest BCUT2D eigenvalue weighted by molar-refractivity contribution is 5.73. The monoisotopic (exact) mass is 1990 g/mol. The maximum absolute atomic E-state index is 13.4. The van der Waals surface area contributed by atoms with E-state index in [0.717, 1.165) is 13.8 Å². The fraction of sp³-hybridized carbons (Fsp3) is 0.975. The van der Waals surface area contributed by atoms with Crippen LogP contribution in [0.3, 0.4) is 0 Å². The molecular weight excluding hydrogens is 1850 g/mol. The summed E-state index contributed by atoms with van der Waals surface area (Å²) >= 11 is 0. The van der Waals surface area contributed by atoms with E-state index in [2.05, 4.69) is 10.6 Å². The van der Waals surface area contributed by atoms with Gasteiger partial charge in [0.05, 0.1) is 96.0 Å². The Morgan fingerprint density at radius 3 is 1.07 bits per heavy atom. The van der Waals surface area contributed by atoms with Crippen molar-refractivity contribution < 1.29 is 263 Å². The summed E-state index contributed by atoms with van der Waals surface area (Å²) in [4.78, 5) is 25.7. The molecule has 0 aromatic heterocycles. The van der Waals surface area contributed by atoms with Crippen molar-refractivity contribution in [3.05, 3.63) is 0 Å². The van der Waals surface area contributed by atoms with Crippen LogP contribution in [-0.4, -0.2) is 572 Å². The Balaban J connectivity index is 0.977. The Kier molecular flexibility index (Phi) is 40.3. The number of nitrogens with two attached hydrogens (primary N) is 1. The first-order valence-corrected chi connectivity index (χ1v) is 45.1. The Labute approximate surface area is 776 Å². The second kappa shape index (κ2) is 48.5. The van der Waals surface area contributed by atoms with Crippen molar-refractivity contribution in [2.24, 2.45) is 28.9 Å². The van der Waals surface area contributed by atoms with Crippen LogP contribution in [0.4, 0.5) is 0 Å². The third kappa shape index (κ3) is 23.7. The summed E-state index contributed by atoms with van der Waals surface area (Å²) in [6.45, 7) is -3.48. The molecule has 0 spiro atoms. The van der Waals surface area contributed by atoms with Gasteiger partial charge in [-0.05, 0) is 37.5 Å². The topological polar surface area (TPSA) is 907 Å². The van der Waals surface area contributed by atoms with Gasteiger partial charge in [-0.3, -0.25) is 9.59 Å². The molecule has 11 aliphatic rings. The van der Waals surface area contributed by atoms with Crippen molar-refractivity contribution in [2.45, 2.75) is 392 Å². The van der Waals surface area contributed by atoms with Crippen molar-refractivity contribution in [3.8, 4) is 0 Å². The number of hydrogen-bond donors (Lipinski definition) is 35. The van der Waals surface area contributed by atoms with Crippen LogP contribution in [0, 0.1) is 23.2 Å². The van der Waals surface area contributed by atoms with Crippen LogP contribution in [-0.2, 0) is 99.6 Å². The minimum absolute atomic E-state index is 0.142. The summed E-state index contributed by atoms with van der Waals surface area (Å²) < 4.78 is 116. The smallest absolute Gasteiger partial charge is 0.217 e. The average molecular weight is 1990 g/mol. The van der Waals surface area contributed by atoms with Gasteiger partial charge in [-0.1, -0.05) is 27.2 Å². The van der Waals surface area contributed by atoms with Crippen molar-refractivity contribution in [3.63, 3.8) is 0 Å². The summed E-state index contributed by atoms with van der Waals surface area (Å²) in [5.74, 6) is -6.01. The van der Waals surface area contributed by atoms with Crippen molar-refractivity contribution >= 4 is 11.8 Å². The van der Waals surface area contributed by atoms with Gasteiger partial charge < -0.3 is 270 Å². The number of carbonyl (C=O) groups excluding carboxylic acids is 2. The molecule has 1 aliphatic carbocycles. The summed E-state index contributed by atoms with van der Waals surface area (Å²) in [5, 5.41) is 368. The van der Waals surface area contributed by atoms with Gasteiger partial charge in [-0.25, -0.2) is 0 Å². The molecule has 0 aromatic carbocycles. The minimum atomic E-state index is -2.40. The predicted octanol–water partition coefficient (Wildman–Crippen LogP) is -20.6. The zero-order valence-corrected chi connectivity index (χ0v) is 74.8. The molecule has 0 aromatic rings. The van der Waals surface area contributed by atoms with E-state index < -0.39 is 445 Å². The zero-order valence-electron chi connectivity index (χ0n) is 74.8. The lowest BCUT2D eigenvalue weighted by atomic mass is 9.59. The highest BCUT2D eigenvalue weighted by atomic mass is 16.8. The average Bonchev–Trinajstić information content (AvgIpc) is 0.865. The number of amides is 2. The van der Waals surface area contributed by atoms with E-state index in [4.69, 9.17) is 95.7 Å². The fourth-order valence-corrected chi connectivity index (χ4v) is 19.6. The first kappa shape index (κ1) is 113. The number of ether oxygens (including phenoxy) is 19. The molecule has 57 atom stereocenters. The normalized spacial score (nSPS) is 50.3. The Hall–Kier alpha value is -3.14. The van der Waals surface area contributed by atoms with Gasteiger partial charge in [0.25, 0.3) is 0 Å². The van der Waals surface area contributed by atoms with Gasteiger partial charge in [-0.15, -0.1) is 0 Å². The van der Waals surface area contributed by atoms with E-state index in [1.54, 1.807) is 6.92 Å². The Morgan fingerprint density at radius 2 is 0.647 bits per heavy atom. The largest absolute Gasteiger partial charge is 0.396 e. The Morgan fingerprint density at radius 1 is 0.309 bits per heavy atom. The molecule has 10 heterocycles. The third-order valence-electron chi connectivity index (χ3n) is 28.2. The van der Waals surface area contributed by atoms with Crippen LogP contribution < -0.4 is 16.4 Å². The quantitative estimate of drug-likeness (QED) is 0.0275. The highest BCUT2D eigenvalue weighted by Crippen LogP contribution is 2.52. The lowest BCUT2D eigenvalue weighted by Gasteiger charge is -2.54. The number of hydrogen-bond acceptors (Lipinski definition) is 54. The summed E-state index contributed by atoms with van der Waals surface area (Å²) in [5.41, 5.74) is 2.29. The van der Waals surface area contributed by atoms with Gasteiger partial charge in [0.1, 0.15) is 244 Å². The molecule has 0 radical (unpaired) electrons. The third-order valence-corrected chi connectivity index (χ3v) is 28.2. The first-order chi connectivity index (χ1) is 64.2. The molecule has 56 heteroatoms. The van der Waals surface area contributed by atoms with E-state index in [0.29, 0.717) is 0 Å². The van der Waals surface area contributed by atoms with Gasteiger partial charge in [0.2, 0.25) is 11.8 Å². The second-order valence-electron chi connectivity index (χ2n) is 37.0. The summed E-state index contributed by atoms with van der Waals surface area (Å²) in [6, 6.07) is -3.32. The molecular formula is C80H139N3O53. The molecule has 36 N–H and O–H groups in total. The van der Waals surface area contributed by atoms with Crippen LogP contribution >= 0.6 is 0 Å². The van der Waals surface area contributed by atoms with Gasteiger partial charge >= 0.3 is 0 Å². The van der Waals surface area contributed by atoms with Crippen molar-refractivity contribution in [2.75, 3.05) is 72.7 Å². The van der Waals surface area contributed by atoms with E-state index >= 15 is 0 Å². The maximum atomic E-state index is 13.4. The number of aliphatic hydroxyl groups is 32. The lowest BCUT2D eigenvalue weighted by molar-refractivity contribution is -0.389. The molecule has 11 fully saturated rings. The SMILES string of the molecule is CC[C@](C)(C[C@@H]1C(O)[C@H](O[C@@H]2C(CO)O[C@@H](O[C@@H]3C(CO)O[C@@H](N)C(NC(C)=O)[C@H]3O)C(NC(C)=O)[C@H]2O)OC(CO[C@](C)(CC)[C@H]2OC(CO[C@H]3OC(CO)[C@@H](O)[C@H](O)C3O[C@H]3OC(CO)[C@@H](O)[C@H](O)C3O)[C@@H](O)[C@H](O[C@H]3O[C@@H](CO)[C@@H](O)C(O)C3O[C@H]3O[C@@H](CO)[C@@H](O)C(O)C3O)C2O)[C@H]1O)[C@H]1CC(CO)[C@@H](O)C(O)C1O[C@H]1O[C@@H](CO)[C@@H](O)C(O)C1O[C@H]1O[C@@H](CO)[C@@H](O)C(O)C1O. The van der Waals surface area contributed by atoms with E-state index in [-0.39, 0.29) is 12.8 Å². The molecule has 56 nitrogen and oxygen atoms in total. The molecule has 10 aliphatic heterocycles. The van der Waals surface area contributed by atoms with Gasteiger partial charge in [0, 0.05) is 32.3 Å². The van der Waals surface area contributed by atoms with Crippen LogP contribution in [0.1, 0.15) is 67.2 Å². The summed E-state index contributed by atoms with van der Waals surface area (Å²) in [7, 11) is 0. The fourth-order valence-electron chi connectivity index (χ4n) is 19.6. The molecule has 10 saturated heterocycles. The van der Waals surface area contributed by atoms with Crippen LogP contribution in [0.2, 0.25) is 0 Å². The highest BCUT2D eigenvalue weighted by Gasteiger charge is 2.64. The van der Waals surface area contributed by atoms with Crippen LogP contribution in [0.25, 0.3) is 0 Å². The van der Waals surface area contributed by atoms with Gasteiger partial charge in [-0.2, -0.15) is 0 Å². The number of nitrogens with one attached hydrogen (secondary N) is 2. The maximum Gasteiger partial charge on any atom is 0.217 e. The van der Waals surface area contributed by atoms with Gasteiger partial charge in [0.15, 0.2) is 50.3 Å². The summed E-state index contributed by atoms with van der Waals surface area (Å²) in [6.07, 6.45) is -104. The molecule has 11 rings (SSSR count). The van der Waals surface area contributed by atoms with E-state index in [1.165, 1.54) is 20.8 Å². The molecule has 0 bridgehead atoms. The minimum Gasteiger partial charge on any atom is -0.396 e. The van der Waals surface area contributed by atoms with Crippen molar-refractivity contribution in [1.82, 2.24) is 10.6 Å². The first-order valence-electron chi connectivity index (χ1n) is 45.1. The molecule has 2 amide bonds. The van der Waals surface area contributed by atoms with Crippen LogP contribution in [0.5, 0.6) is 0 Å². The number of rotatable bonds is 37. The standard InChI is InChI=1S/C80H139N3O53/c1-7-79(5,26-9-24(11-84)39(95)54(110)62(26)130-77-67(56(112)46(102)31(16-89)126-77)135-74-59(115)52(108)43(99)28(13-86)123-74)10-25-40(96)36(129-72(41(25)97)132-64-34(19-92)128-71(38(50(64)106)83-23(4)94)131-63-33(18-91)121-70(81)37(49(63)105)82-22(3)93)21-119-80(6,8-2)69-61(117)65(133-78-68(57(113)47(103)32(17-90)127-78)136-75-60(116)53(109)44(100)29(14-87)124-75)48(104)35(120-69)20-118-76-66(55(111)45(101)30(15-88)125-76)134-73-58(114)51(107)42(98)27(12-85)122-73/h24-78,84-92,95-117H,7-21,81H2,1-6H3,(H,82,93)(H,83,94)/t24?,25-,26-,27?,28-,29-,30?,31-,32-,33?,34?,35?,36?,37?,38?,39+,40-,41?,42+,43+,44+,45+,46+,47+,48+,49+,50+,51-,52?,53?,54?,55-,56?,57?,58?,59?,60?,61?,62?,63+,64+,65-,66?,67?,68?,69-,70+,71-,72-,73+,74+,75+,76-,77+,78+,79+,80+/m0/s1. The number of carbonyl (C=O) groups is 2. The van der Waals surface area contributed by atoms with E-state index in [1.807, 2.05) is 0 Å². The van der Waals surface area contributed by atoms with Crippen molar-refractivity contribution in [1.29, 1.82) is 0 Å². The Bertz CT molecular complexity index is 3650.